The van der Waals surface area contributed by atoms with Crippen LogP contribution in [0.15, 0.2) is 11.4 Å². The number of thiophene rings is 1. The van der Waals surface area contributed by atoms with Gasteiger partial charge in [-0.25, -0.2) is 0 Å². The molecule has 0 saturated heterocycles. The number of aryl methyl sites for hydroxylation is 1. The molecular formula is C14H25NS. The van der Waals surface area contributed by atoms with Gasteiger partial charge in [-0.1, -0.05) is 45.4 Å². The Balaban J connectivity index is 2.11. The molecule has 1 aromatic heterocycles. The lowest BCUT2D eigenvalue weighted by molar-refractivity contribution is 0.550. The minimum atomic E-state index is 0.270. The predicted molar refractivity (Wildman–Crippen MR) is 74.0 cm³/mol. The van der Waals surface area contributed by atoms with Gasteiger partial charge in [0.25, 0.3) is 0 Å². The fourth-order valence-electron chi connectivity index (χ4n) is 2.04. The van der Waals surface area contributed by atoms with Crippen LogP contribution in [0.3, 0.4) is 0 Å². The van der Waals surface area contributed by atoms with E-state index in [1.54, 1.807) is 11.3 Å². The molecule has 1 nitrogen and oxygen atoms in total. The minimum absolute atomic E-state index is 0.270. The van der Waals surface area contributed by atoms with Gasteiger partial charge in [-0.05, 0) is 30.4 Å². The maximum absolute atomic E-state index is 6.19. The fraction of sp³-hybridized carbons (Fsp3) is 0.714. The Hall–Kier alpha value is -0.340. The standard InChI is InChI=1S/C14H25NS/c1-3-4-5-6-7-8-9-13(15)14-12(2)10-11-16-14/h10-11,13H,3-9,15H2,1-2H3. The van der Waals surface area contributed by atoms with E-state index >= 15 is 0 Å². The molecule has 0 radical (unpaired) electrons. The zero-order chi connectivity index (χ0) is 11.8. The Morgan fingerprint density at radius 3 is 2.50 bits per heavy atom. The summed E-state index contributed by atoms with van der Waals surface area (Å²) in [6, 6.07) is 2.44. The van der Waals surface area contributed by atoms with Crippen LogP contribution in [0.1, 0.15) is 68.4 Å². The van der Waals surface area contributed by atoms with E-state index in [0.29, 0.717) is 0 Å². The minimum Gasteiger partial charge on any atom is -0.323 e. The van der Waals surface area contributed by atoms with Gasteiger partial charge < -0.3 is 5.73 Å². The Morgan fingerprint density at radius 2 is 1.88 bits per heavy atom. The predicted octanol–water partition coefficient (Wildman–Crippen LogP) is 4.81. The van der Waals surface area contributed by atoms with Gasteiger partial charge in [-0.2, -0.15) is 0 Å². The molecule has 0 bridgehead atoms. The molecule has 2 heteroatoms. The highest BCUT2D eigenvalue weighted by atomic mass is 32.1. The van der Waals surface area contributed by atoms with Crippen LogP contribution in [0.25, 0.3) is 0 Å². The van der Waals surface area contributed by atoms with Crippen molar-refractivity contribution < 1.29 is 0 Å². The van der Waals surface area contributed by atoms with Crippen molar-refractivity contribution in [1.29, 1.82) is 0 Å². The largest absolute Gasteiger partial charge is 0.323 e. The first-order valence-corrected chi connectivity index (χ1v) is 7.43. The molecule has 1 heterocycles. The lowest BCUT2D eigenvalue weighted by Crippen LogP contribution is -2.09. The molecule has 16 heavy (non-hydrogen) atoms. The van der Waals surface area contributed by atoms with Crippen molar-refractivity contribution in [2.45, 2.75) is 64.8 Å². The van der Waals surface area contributed by atoms with E-state index in [-0.39, 0.29) is 6.04 Å². The van der Waals surface area contributed by atoms with Crippen molar-refractivity contribution in [2.24, 2.45) is 5.73 Å². The van der Waals surface area contributed by atoms with Gasteiger partial charge in [-0.3, -0.25) is 0 Å². The maximum Gasteiger partial charge on any atom is 0.0392 e. The van der Waals surface area contributed by atoms with Gasteiger partial charge in [0.1, 0.15) is 0 Å². The fourth-order valence-corrected chi connectivity index (χ4v) is 3.01. The number of nitrogens with two attached hydrogens (primary N) is 1. The Bertz CT molecular complexity index is 280. The van der Waals surface area contributed by atoms with Gasteiger partial charge >= 0.3 is 0 Å². The smallest absolute Gasteiger partial charge is 0.0392 e. The molecule has 0 spiro atoms. The molecule has 1 rings (SSSR count). The van der Waals surface area contributed by atoms with Crippen LogP contribution in [0.2, 0.25) is 0 Å². The van der Waals surface area contributed by atoms with Crippen LogP contribution < -0.4 is 5.73 Å². The number of hydrogen-bond donors (Lipinski definition) is 1. The molecule has 1 aromatic rings. The average molecular weight is 239 g/mol. The summed E-state index contributed by atoms with van der Waals surface area (Å²) in [5, 5.41) is 2.14. The highest BCUT2D eigenvalue weighted by Crippen LogP contribution is 2.26. The molecule has 0 saturated carbocycles. The zero-order valence-electron chi connectivity index (χ0n) is 10.7. The second-order valence-electron chi connectivity index (χ2n) is 4.63. The van der Waals surface area contributed by atoms with Crippen molar-refractivity contribution in [1.82, 2.24) is 0 Å². The van der Waals surface area contributed by atoms with Crippen LogP contribution in [-0.4, -0.2) is 0 Å². The van der Waals surface area contributed by atoms with Crippen LogP contribution in [0, 0.1) is 6.92 Å². The molecule has 92 valence electrons. The summed E-state index contributed by atoms with van der Waals surface area (Å²) in [7, 11) is 0. The van der Waals surface area contributed by atoms with Crippen molar-refractivity contribution in [3.8, 4) is 0 Å². The molecular weight excluding hydrogens is 214 g/mol. The first-order valence-electron chi connectivity index (χ1n) is 6.55. The second-order valence-corrected chi connectivity index (χ2v) is 5.58. The number of rotatable bonds is 8. The van der Waals surface area contributed by atoms with E-state index in [0.717, 1.165) is 6.42 Å². The summed E-state index contributed by atoms with van der Waals surface area (Å²) < 4.78 is 0. The monoisotopic (exact) mass is 239 g/mol. The van der Waals surface area contributed by atoms with Gasteiger partial charge in [0, 0.05) is 10.9 Å². The summed E-state index contributed by atoms with van der Waals surface area (Å²) in [5.41, 5.74) is 7.56. The molecule has 1 unspecified atom stereocenters. The molecule has 0 fully saturated rings. The first-order chi connectivity index (χ1) is 7.75. The van der Waals surface area contributed by atoms with Crippen LogP contribution in [-0.2, 0) is 0 Å². The van der Waals surface area contributed by atoms with Crippen molar-refractivity contribution >= 4 is 11.3 Å². The van der Waals surface area contributed by atoms with Crippen LogP contribution in [0.5, 0.6) is 0 Å². The Kier molecular flexibility index (Phi) is 6.74. The van der Waals surface area contributed by atoms with E-state index in [4.69, 9.17) is 5.73 Å². The quantitative estimate of drug-likeness (QED) is 0.647. The van der Waals surface area contributed by atoms with E-state index in [1.165, 1.54) is 49.0 Å². The van der Waals surface area contributed by atoms with Crippen LogP contribution in [0.4, 0.5) is 0 Å². The summed E-state index contributed by atoms with van der Waals surface area (Å²) in [5.74, 6) is 0. The SMILES string of the molecule is CCCCCCCCC(N)c1sccc1C. The summed E-state index contributed by atoms with van der Waals surface area (Å²) in [4.78, 5) is 1.38. The third-order valence-corrected chi connectivity index (χ3v) is 4.26. The lowest BCUT2D eigenvalue weighted by Gasteiger charge is -2.10. The molecule has 0 amide bonds. The number of unbranched alkanes of at least 4 members (excludes halogenated alkanes) is 5. The summed E-state index contributed by atoms with van der Waals surface area (Å²) in [6.07, 6.45) is 9.26. The van der Waals surface area contributed by atoms with E-state index < -0.39 is 0 Å². The highest BCUT2D eigenvalue weighted by Gasteiger charge is 2.09. The lowest BCUT2D eigenvalue weighted by atomic mass is 10.0. The Labute approximate surface area is 104 Å². The van der Waals surface area contributed by atoms with Crippen molar-refractivity contribution in [3.05, 3.63) is 21.9 Å². The average Bonchev–Trinajstić information content (AvgIpc) is 2.69. The van der Waals surface area contributed by atoms with Crippen LogP contribution >= 0.6 is 11.3 Å². The van der Waals surface area contributed by atoms with Gasteiger partial charge in [0.15, 0.2) is 0 Å². The third-order valence-electron chi connectivity index (χ3n) is 3.11. The maximum atomic E-state index is 6.19. The molecule has 1 atom stereocenters. The van der Waals surface area contributed by atoms with Crippen molar-refractivity contribution in [3.63, 3.8) is 0 Å². The normalized spacial score (nSPS) is 12.9. The zero-order valence-corrected chi connectivity index (χ0v) is 11.5. The summed E-state index contributed by atoms with van der Waals surface area (Å²) >= 11 is 1.80. The number of hydrogen-bond acceptors (Lipinski definition) is 2. The Morgan fingerprint density at radius 1 is 1.19 bits per heavy atom. The third kappa shape index (κ3) is 4.67. The van der Waals surface area contributed by atoms with Gasteiger partial charge in [0.05, 0.1) is 0 Å². The van der Waals surface area contributed by atoms with E-state index in [1.807, 2.05) is 0 Å². The van der Waals surface area contributed by atoms with Gasteiger partial charge in [0.2, 0.25) is 0 Å². The first kappa shape index (κ1) is 13.7. The molecule has 0 aliphatic rings. The molecule has 0 aromatic carbocycles. The molecule has 2 N–H and O–H groups in total. The summed E-state index contributed by atoms with van der Waals surface area (Å²) in [6.45, 7) is 4.42. The second kappa shape index (κ2) is 7.86. The molecule has 0 aliphatic carbocycles. The van der Waals surface area contributed by atoms with Gasteiger partial charge in [-0.15, -0.1) is 11.3 Å². The highest BCUT2D eigenvalue weighted by molar-refractivity contribution is 7.10. The van der Waals surface area contributed by atoms with Crippen molar-refractivity contribution in [2.75, 3.05) is 0 Å². The van der Waals surface area contributed by atoms with E-state index in [9.17, 15) is 0 Å². The topological polar surface area (TPSA) is 26.0 Å². The molecule has 0 aliphatic heterocycles. The van der Waals surface area contributed by atoms with E-state index in [2.05, 4.69) is 25.3 Å².